The first-order chi connectivity index (χ1) is 6.15. The average Bonchev–Trinajstić information content (AvgIpc) is 2.17. The zero-order chi connectivity index (χ0) is 9.84. The highest BCUT2D eigenvalue weighted by molar-refractivity contribution is 7.99. The summed E-state index contributed by atoms with van der Waals surface area (Å²) in [6.45, 7) is 4.31. The van der Waals surface area contributed by atoms with Gasteiger partial charge < -0.3 is 5.11 Å². The van der Waals surface area contributed by atoms with Crippen molar-refractivity contribution in [3.63, 3.8) is 0 Å². The number of hydrogen-bond acceptors (Lipinski definition) is 3. The van der Waals surface area contributed by atoms with E-state index in [1.54, 1.807) is 11.8 Å². The Bertz CT molecular complexity index is 186. The second kappa shape index (κ2) is 4.86. The predicted octanol–water partition coefficient (Wildman–Crippen LogP) is 1.19. The van der Waals surface area contributed by atoms with Crippen molar-refractivity contribution < 1.29 is 9.90 Å². The lowest BCUT2D eigenvalue weighted by molar-refractivity contribution is -0.139. The molecule has 0 aromatic rings. The molecule has 1 aliphatic rings. The van der Waals surface area contributed by atoms with Gasteiger partial charge in [0.2, 0.25) is 0 Å². The highest BCUT2D eigenvalue weighted by atomic mass is 32.2. The van der Waals surface area contributed by atoms with E-state index in [4.69, 9.17) is 5.11 Å². The number of hydrogen-bond donors (Lipinski definition) is 2. The first kappa shape index (κ1) is 10.9. The molecule has 0 aromatic heterocycles. The molecule has 3 nitrogen and oxygen atoms in total. The van der Waals surface area contributed by atoms with Crippen LogP contribution in [0.3, 0.4) is 0 Å². The molecule has 0 bridgehead atoms. The number of nitrogens with one attached hydrogen (secondary N) is 1. The Morgan fingerprint density at radius 2 is 2.38 bits per heavy atom. The molecule has 0 saturated carbocycles. The Labute approximate surface area is 83.3 Å². The summed E-state index contributed by atoms with van der Waals surface area (Å²) < 4.78 is 0. The molecule has 13 heavy (non-hydrogen) atoms. The van der Waals surface area contributed by atoms with E-state index >= 15 is 0 Å². The highest BCUT2D eigenvalue weighted by Gasteiger charge is 2.28. The summed E-state index contributed by atoms with van der Waals surface area (Å²) in [7, 11) is 0. The van der Waals surface area contributed by atoms with E-state index in [1.807, 2.05) is 0 Å². The van der Waals surface area contributed by atoms with E-state index in [2.05, 4.69) is 19.2 Å². The van der Waals surface area contributed by atoms with Crippen LogP contribution in [0, 0.1) is 5.92 Å². The van der Waals surface area contributed by atoms with Gasteiger partial charge in [-0.15, -0.1) is 0 Å². The Morgan fingerprint density at radius 3 is 2.92 bits per heavy atom. The second-order valence-electron chi connectivity index (χ2n) is 3.59. The largest absolute Gasteiger partial charge is 0.480 e. The van der Waals surface area contributed by atoms with Crippen LogP contribution in [0.2, 0.25) is 0 Å². The molecule has 4 heteroatoms. The molecular formula is C9H17NO2S. The van der Waals surface area contributed by atoms with Crippen LogP contribution in [-0.4, -0.2) is 34.7 Å². The van der Waals surface area contributed by atoms with E-state index in [0.717, 1.165) is 12.2 Å². The van der Waals surface area contributed by atoms with Gasteiger partial charge in [-0.25, -0.2) is 0 Å². The van der Waals surface area contributed by atoms with E-state index in [1.165, 1.54) is 0 Å². The lowest BCUT2D eigenvalue weighted by Gasteiger charge is -2.31. The Hall–Kier alpha value is -0.220. The minimum Gasteiger partial charge on any atom is -0.480 e. The fourth-order valence-electron chi connectivity index (χ4n) is 1.42. The van der Waals surface area contributed by atoms with Crippen LogP contribution in [0.15, 0.2) is 0 Å². The van der Waals surface area contributed by atoms with Crippen molar-refractivity contribution in [3.05, 3.63) is 0 Å². The quantitative estimate of drug-likeness (QED) is 0.723. The van der Waals surface area contributed by atoms with Gasteiger partial charge in [0.25, 0.3) is 0 Å². The molecule has 76 valence electrons. The minimum absolute atomic E-state index is 0.349. The van der Waals surface area contributed by atoms with Crippen molar-refractivity contribution in [2.24, 2.45) is 5.92 Å². The van der Waals surface area contributed by atoms with Crippen molar-refractivity contribution in [1.29, 1.82) is 0 Å². The summed E-state index contributed by atoms with van der Waals surface area (Å²) in [5.74, 6) is 1.58. The molecule has 0 aliphatic carbocycles. The molecule has 1 fully saturated rings. The number of carbonyl (C=O) groups is 1. The van der Waals surface area contributed by atoms with Crippen molar-refractivity contribution in [1.82, 2.24) is 5.32 Å². The van der Waals surface area contributed by atoms with Gasteiger partial charge in [-0.3, -0.25) is 10.1 Å². The smallest absolute Gasteiger partial charge is 0.321 e. The molecule has 0 amide bonds. The first-order valence-electron chi connectivity index (χ1n) is 4.71. The number of thioether (sulfide) groups is 1. The fraction of sp³-hybridized carbons (Fsp3) is 0.889. The first-order valence-corrected chi connectivity index (χ1v) is 5.87. The third-order valence-electron chi connectivity index (χ3n) is 2.63. The molecule has 1 heterocycles. The molecule has 0 aromatic carbocycles. The maximum absolute atomic E-state index is 10.7. The topological polar surface area (TPSA) is 49.3 Å². The molecule has 0 spiro atoms. The Balaban J connectivity index is 2.46. The van der Waals surface area contributed by atoms with Crippen LogP contribution in [0.25, 0.3) is 0 Å². The summed E-state index contributed by atoms with van der Waals surface area (Å²) in [4.78, 5) is 10.7. The summed E-state index contributed by atoms with van der Waals surface area (Å²) in [6, 6.07) is 0.0163. The monoisotopic (exact) mass is 203 g/mol. The summed E-state index contributed by atoms with van der Waals surface area (Å²) >= 11 is 1.74. The predicted molar refractivity (Wildman–Crippen MR) is 55.1 cm³/mol. The Kier molecular flexibility index (Phi) is 4.06. The normalized spacial score (nSPS) is 31.2. The number of rotatable bonds is 3. The molecule has 1 aliphatic heterocycles. The lowest BCUT2D eigenvalue weighted by atomic mass is 10.00. The van der Waals surface area contributed by atoms with Gasteiger partial charge >= 0.3 is 5.97 Å². The third kappa shape index (κ3) is 2.88. The van der Waals surface area contributed by atoms with Crippen molar-refractivity contribution >= 4 is 17.7 Å². The van der Waals surface area contributed by atoms with E-state index in [0.29, 0.717) is 17.7 Å². The van der Waals surface area contributed by atoms with Crippen molar-refractivity contribution in [3.8, 4) is 0 Å². The maximum atomic E-state index is 10.7. The van der Waals surface area contributed by atoms with Crippen LogP contribution in [0.5, 0.6) is 0 Å². The number of aliphatic carboxylic acids is 1. The van der Waals surface area contributed by atoms with Crippen molar-refractivity contribution in [2.75, 3.05) is 11.5 Å². The summed E-state index contributed by atoms with van der Waals surface area (Å²) in [5.41, 5.74) is 0. The summed E-state index contributed by atoms with van der Waals surface area (Å²) in [5, 5.41) is 12.0. The standard InChI is InChI=1S/C9H17NO2S/c1-3-6(2)7-4-13-5-8(10-7)9(11)12/h6-8,10H,3-5H2,1-2H3,(H,11,12). The summed E-state index contributed by atoms with van der Waals surface area (Å²) in [6.07, 6.45) is 1.10. The fourth-order valence-corrected chi connectivity index (χ4v) is 2.71. The van der Waals surface area contributed by atoms with Gasteiger partial charge in [0.05, 0.1) is 0 Å². The molecule has 0 radical (unpaired) electrons. The van der Waals surface area contributed by atoms with Gasteiger partial charge in [-0.2, -0.15) is 11.8 Å². The molecule has 3 atom stereocenters. The van der Waals surface area contributed by atoms with E-state index < -0.39 is 5.97 Å². The van der Waals surface area contributed by atoms with Crippen molar-refractivity contribution in [2.45, 2.75) is 32.4 Å². The zero-order valence-electron chi connectivity index (χ0n) is 8.12. The van der Waals surface area contributed by atoms with Gasteiger partial charge in [0, 0.05) is 17.5 Å². The highest BCUT2D eigenvalue weighted by Crippen LogP contribution is 2.19. The molecule has 1 rings (SSSR count). The Morgan fingerprint density at radius 1 is 1.69 bits per heavy atom. The SMILES string of the molecule is CCC(C)C1CSCC(C(=O)O)N1. The van der Waals surface area contributed by atoms with Crippen LogP contribution >= 0.6 is 11.8 Å². The van der Waals surface area contributed by atoms with Crippen LogP contribution < -0.4 is 5.32 Å². The van der Waals surface area contributed by atoms with Crippen LogP contribution in [-0.2, 0) is 4.79 Å². The van der Waals surface area contributed by atoms with Crippen LogP contribution in [0.1, 0.15) is 20.3 Å². The third-order valence-corrected chi connectivity index (χ3v) is 3.79. The number of carboxylic acids is 1. The number of carboxylic acid groups (broad SMARTS) is 1. The van der Waals surface area contributed by atoms with Gasteiger partial charge in [0.1, 0.15) is 6.04 Å². The molecular weight excluding hydrogens is 186 g/mol. The van der Waals surface area contributed by atoms with Crippen LogP contribution in [0.4, 0.5) is 0 Å². The zero-order valence-corrected chi connectivity index (χ0v) is 8.93. The minimum atomic E-state index is -0.722. The molecule has 3 unspecified atom stereocenters. The lowest BCUT2D eigenvalue weighted by Crippen LogP contribution is -2.52. The van der Waals surface area contributed by atoms with Gasteiger partial charge in [0.15, 0.2) is 0 Å². The maximum Gasteiger partial charge on any atom is 0.321 e. The van der Waals surface area contributed by atoms with Gasteiger partial charge in [-0.05, 0) is 5.92 Å². The molecule has 2 N–H and O–H groups in total. The second-order valence-corrected chi connectivity index (χ2v) is 4.66. The average molecular weight is 203 g/mol. The van der Waals surface area contributed by atoms with Gasteiger partial charge in [-0.1, -0.05) is 20.3 Å². The van der Waals surface area contributed by atoms with E-state index in [-0.39, 0.29) is 6.04 Å². The van der Waals surface area contributed by atoms with E-state index in [9.17, 15) is 4.79 Å². The molecule has 1 saturated heterocycles.